The molecule has 0 aliphatic carbocycles. The molecule has 0 saturated heterocycles. The summed E-state index contributed by atoms with van der Waals surface area (Å²) >= 11 is 0. The molecule has 5 nitrogen and oxygen atoms in total. The third kappa shape index (κ3) is 3.04. The second kappa shape index (κ2) is 5.59. The van der Waals surface area contributed by atoms with Crippen LogP contribution in [0.25, 0.3) is 0 Å². The molecule has 6 heteroatoms. The highest BCUT2D eigenvalue weighted by molar-refractivity contribution is 7.85. The van der Waals surface area contributed by atoms with Gasteiger partial charge in [-0.3, -0.25) is 8.89 Å². The molecule has 1 aromatic heterocycles. The molecule has 1 N–H and O–H groups in total. The van der Waals surface area contributed by atoms with Gasteiger partial charge in [-0.05, 0) is 24.3 Å². The van der Waals surface area contributed by atoms with E-state index in [0.29, 0.717) is 17.2 Å². The summed E-state index contributed by atoms with van der Waals surface area (Å²) in [6.07, 6.45) is 3.46. The lowest BCUT2D eigenvalue weighted by molar-refractivity contribution is 0.0696. The largest absolute Gasteiger partial charge is 0.478 e. The number of aryl methyl sites for hydroxylation is 1. The molecule has 1 atom stereocenters. The fraction of sp³-hybridized carbons (Fsp3) is 0.167. The van der Waals surface area contributed by atoms with Crippen LogP contribution in [-0.2, 0) is 17.3 Å². The maximum Gasteiger partial charge on any atom is 0.335 e. The zero-order valence-electron chi connectivity index (χ0n) is 9.52. The van der Waals surface area contributed by atoms with Gasteiger partial charge in [0.2, 0.25) is 0 Å². The van der Waals surface area contributed by atoms with E-state index in [0.717, 1.165) is 0 Å². The molecule has 0 saturated carbocycles. The molecule has 1 heterocycles. The van der Waals surface area contributed by atoms with Crippen molar-refractivity contribution in [1.82, 2.24) is 9.78 Å². The van der Waals surface area contributed by atoms with Gasteiger partial charge in [0, 0.05) is 23.0 Å². The average molecular weight is 264 g/mol. The van der Waals surface area contributed by atoms with Gasteiger partial charge in [0.15, 0.2) is 0 Å². The maximum absolute atomic E-state index is 12.0. The number of hydrogen-bond donors (Lipinski definition) is 1. The Morgan fingerprint density at radius 3 is 2.89 bits per heavy atom. The first kappa shape index (κ1) is 12.5. The monoisotopic (exact) mass is 264 g/mol. The summed E-state index contributed by atoms with van der Waals surface area (Å²) in [5.74, 6) is -0.606. The second-order valence-electron chi connectivity index (χ2n) is 3.65. The van der Waals surface area contributed by atoms with Crippen molar-refractivity contribution >= 4 is 16.8 Å². The summed E-state index contributed by atoms with van der Waals surface area (Å²) in [6.45, 7) is 0.539. The molecule has 0 amide bonds. The summed E-state index contributed by atoms with van der Waals surface area (Å²) in [7, 11) is -1.22. The fourth-order valence-electron chi connectivity index (χ4n) is 1.50. The number of carboxylic acid groups (broad SMARTS) is 1. The highest BCUT2D eigenvalue weighted by Gasteiger charge is 2.08. The van der Waals surface area contributed by atoms with Crippen LogP contribution in [0, 0.1) is 0 Å². The van der Waals surface area contributed by atoms with E-state index >= 15 is 0 Å². The van der Waals surface area contributed by atoms with E-state index in [9.17, 15) is 9.00 Å². The van der Waals surface area contributed by atoms with Crippen LogP contribution in [0.1, 0.15) is 10.4 Å². The standard InChI is InChI=1S/C12H12N2O3S/c15-12(16)10-3-1-4-11(9-10)18(17)8-7-14-6-2-5-13-14/h1-6,9H,7-8H2,(H,15,16). The van der Waals surface area contributed by atoms with E-state index in [1.807, 2.05) is 0 Å². The number of aromatic carboxylic acids is 1. The van der Waals surface area contributed by atoms with Crippen LogP contribution in [-0.4, -0.2) is 30.8 Å². The first-order valence-electron chi connectivity index (χ1n) is 5.36. The summed E-state index contributed by atoms with van der Waals surface area (Å²) in [5.41, 5.74) is 0.153. The quantitative estimate of drug-likeness (QED) is 0.885. The lowest BCUT2D eigenvalue weighted by Gasteiger charge is -2.04. The maximum atomic E-state index is 12.0. The van der Waals surface area contributed by atoms with Crippen LogP contribution >= 0.6 is 0 Å². The third-order valence-electron chi connectivity index (χ3n) is 2.41. The van der Waals surface area contributed by atoms with E-state index in [2.05, 4.69) is 5.10 Å². The minimum atomic E-state index is -1.22. The van der Waals surface area contributed by atoms with Crippen LogP contribution in [0.5, 0.6) is 0 Å². The van der Waals surface area contributed by atoms with Gasteiger partial charge >= 0.3 is 5.97 Å². The molecule has 2 rings (SSSR count). The molecule has 0 spiro atoms. The SMILES string of the molecule is O=C(O)c1cccc(S(=O)CCn2cccn2)c1. The number of aromatic nitrogens is 2. The topological polar surface area (TPSA) is 72.2 Å². The van der Waals surface area contributed by atoms with E-state index < -0.39 is 16.8 Å². The molecule has 94 valence electrons. The van der Waals surface area contributed by atoms with Crippen LogP contribution in [0.3, 0.4) is 0 Å². The van der Waals surface area contributed by atoms with Gasteiger partial charge in [-0.15, -0.1) is 0 Å². The Morgan fingerprint density at radius 1 is 1.39 bits per heavy atom. The first-order chi connectivity index (χ1) is 8.66. The van der Waals surface area contributed by atoms with E-state index in [4.69, 9.17) is 5.11 Å². The van der Waals surface area contributed by atoms with Crippen molar-refractivity contribution in [3.8, 4) is 0 Å². The predicted octanol–water partition coefficient (Wildman–Crippen LogP) is 1.39. The molecule has 1 aromatic carbocycles. The molecular formula is C12H12N2O3S. The second-order valence-corrected chi connectivity index (χ2v) is 5.22. The van der Waals surface area contributed by atoms with Gasteiger partial charge in [0.25, 0.3) is 0 Å². The van der Waals surface area contributed by atoms with Crippen molar-refractivity contribution in [2.75, 3.05) is 5.75 Å². The molecule has 18 heavy (non-hydrogen) atoms. The number of rotatable bonds is 5. The van der Waals surface area contributed by atoms with Gasteiger partial charge in [0.1, 0.15) is 0 Å². The summed E-state index contributed by atoms with van der Waals surface area (Å²) in [4.78, 5) is 11.3. The zero-order chi connectivity index (χ0) is 13.0. The summed E-state index contributed by atoms with van der Waals surface area (Å²) in [6, 6.07) is 8.00. The van der Waals surface area contributed by atoms with Crippen LogP contribution in [0.2, 0.25) is 0 Å². The first-order valence-corrected chi connectivity index (χ1v) is 6.68. The van der Waals surface area contributed by atoms with Crippen LogP contribution < -0.4 is 0 Å². The third-order valence-corrected chi connectivity index (χ3v) is 3.74. The Labute approximate surface area is 107 Å². The van der Waals surface area contributed by atoms with Gasteiger partial charge in [-0.25, -0.2) is 4.79 Å². The lowest BCUT2D eigenvalue weighted by Crippen LogP contribution is -2.08. The number of carboxylic acids is 1. The van der Waals surface area contributed by atoms with Crippen molar-refractivity contribution in [2.24, 2.45) is 0 Å². The Balaban J connectivity index is 2.04. The van der Waals surface area contributed by atoms with Gasteiger partial charge in [-0.2, -0.15) is 5.10 Å². The smallest absolute Gasteiger partial charge is 0.335 e. The van der Waals surface area contributed by atoms with Gasteiger partial charge < -0.3 is 5.11 Å². The number of carbonyl (C=O) groups is 1. The number of nitrogens with zero attached hydrogens (tertiary/aromatic N) is 2. The highest BCUT2D eigenvalue weighted by Crippen LogP contribution is 2.10. The van der Waals surface area contributed by atoms with E-state index in [-0.39, 0.29) is 5.56 Å². The Kier molecular flexibility index (Phi) is 3.88. The molecular weight excluding hydrogens is 252 g/mol. The van der Waals surface area contributed by atoms with Crippen molar-refractivity contribution in [2.45, 2.75) is 11.4 Å². The van der Waals surface area contributed by atoms with Gasteiger partial charge in [0.05, 0.1) is 22.9 Å². The Morgan fingerprint density at radius 2 is 2.22 bits per heavy atom. The fourth-order valence-corrected chi connectivity index (χ4v) is 2.58. The molecule has 0 aliphatic heterocycles. The molecule has 1 unspecified atom stereocenters. The molecule has 0 radical (unpaired) electrons. The van der Waals surface area contributed by atoms with Crippen molar-refractivity contribution in [3.63, 3.8) is 0 Å². The van der Waals surface area contributed by atoms with E-state index in [1.54, 1.807) is 35.3 Å². The van der Waals surface area contributed by atoms with Crippen molar-refractivity contribution in [3.05, 3.63) is 48.3 Å². The minimum absolute atomic E-state index is 0.153. The number of hydrogen-bond acceptors (Lipinski definition) is 3. The van der Waals surface area contributed by atoms with Crippen molar-refractivity contribution in [1.29, 1.82) is 0 Å². The Hall–Kier alpha value is -1.95. The minimum Gasteiger partial charge on any atom is -0.478 e. The molecule has 0 bridgehead atoms. The zero-order valence-corrected chi connectivity index (χ0v) is 10.3. The molecule has 2 aromatic rings. The summed E-state index contributed by atoms with van der Waals surface area (Å²) in [5, 5.41) is 12.9. The van der Waals surface area contributed by atoms with E-state index in [1.165, 1.54) is 12.1 Å². The average Bonchev–Trinajstić information content (AvgIpc) is 2.89. The highest BCUT2D eigenvalue weighted by atomic mass is 32.2. The summed E-state index contributed by atoms with van der Waals surface area (Å²) < 4.78 is 13.7. The predicted molar refractivity (Wildman–Crippen MR) is 66.9 cm³/mol. The van der Waals surface area contributed by atoms with Crippen LogP contribution in [0.4, 0.5) is 0 Å². The lowest BCUT2D eigenvalue weighted by atomic mass is 10.2. The van der Waals surface area contributed by atoms with Crippen LogP contribution in [0.15, 0.2) is 47.6 Å². The van der Waals surface area contributed by atoms with Crippen molar-refractivity contribution < 1.29 is 14.1 Å². The normalized spacial score (nSPS) is 12.2. The Bertz CT molecular complexity index is 566. The molecule has 0 aliphatic rings. The number of benzene rings is 1. The molecule has 0 fully saturated rings. The van der Waals surface area contributed by atoms with Gasteiger partial charge in [-0.1, -0.05) is 6.07 Å².